The Morgan fingerprint density at radius 3 is 0.940 bits per heavy atom. The molecule has 4 nitrogen and oxygen atoms in total. The van der Waals surface area contributed by atoms with Crippen molar-refractivity contribution in [3.8, 4) is 11.1 Å². The van der Waals surface area contributed by atoms with Crippen LogP contribution in [-0.2, 0) is 22.7 Å². The summed E-state index contributed by atoms with van der Waals surface area (Å²) in [5.74, 6) is 0. The monoisotopic (exact) mass is 693 g/mol. The van der Waals surface area contributed by atoms with E-state index in [0.717, 1.165) is 26.3 Å². The van der Waals surface area contributed by atoms with Crippen LogP contribution < -0.4 is 0 Å². The zero-order valence-corrected chi connectivity index (χ0v) is 33.5. The molecule has 0 amide bonds. The van der Waals surface area contributed by atoms with E-state index in [1.165, 1.54) is 177 Å². The lowest BCUT2D eigenvalue weighted by Gasteiger charge is -2.22. The summed E-state index contributed by atoms with van der Waals surface area (Å²) >= 11 is 0. The second-order valence-electron chi connectivity index (χ2n) is 14.8. The average Bonchev–Trinajstić information content (AvgIpc) is 3.14. The van der Waals surface area contributed by atoms with E-state index in [0.29, 0.717) is 13.2 Å². The highest BCUT2D eigenvalue weighted by Crippen LogP contribution is 2.21. The molecule has 2 aromatic rings. The summed E-state index contributed by atoms with van der Waals surface area (Å²) in [5.41, 5.74) is 5.01. The van der Waals surface area contributed by atoms with Crippen molar-refractivity contribution in [2.75, 3.05) is 52.5 Å². The molecule has 0 radical (unpaired) electrons. The third-order valence-electron chi connectivity index (χ3n) is 10.2. The van der Waals surface area contributed by atoms with Crippen molar-refractivity contribution in [3.05, 3.63) is 59.7 Å². The van der Waals surface area contributed by atoms with E-state index in [1.807, 2.05) is 0 Å². The van der Waals surface area contributed by atoms with Gasteiger partial charge in [-0.2, -0.15) is 0 Å². The van der Waals surface area contributed by atoms with Gasteiger partial charge in [0, 0.05) is 13.1 Å². The quantitative estimate of drug-likeness (QED) is 0.0671. The van der Waals surface area contributed by atoms with Crippen LogP contribution in [-0.4, -0.2) is 62.3 Å². The molecule has 0 saturated carbocycles. The van der Waals surface area contributed by atoms with Gasteiger partial charge in [-0.25, -0.2) is 0 Å². The maximum atomic E-state index is 6.17. The summed E-state index contributed by atoms with van der Waals surface area (Å²) in [5, 5.41) is 0. The van der Waals surface area contributed by atoms with E-state index < -0.39 is 0 Å². The number of hydrogen-bond acceptors (Lipinski definition) is 4. The Bertz CT molecular complexity index is 911. The molecule has 50 heavy (non-hydrogen) atoms. The molecule has 0 aliphatic carbocycles. The largest absolute Gasteiger partial charge is 0.375 e. The number of ether oxygens (including phenoxy) is 2. The third kappa shape index (κ3) is 23.0. The van der Waals surface area contributed by atoms with Crippen LogP contribution in [0, 0.1) is 0 Å². The Labute approximate surface area is 311 Å². The Morgan fingerprint density at radius 1 is 0.340 bits per heavy atom. The average molecular weight is 693 g/mol. The molecule has 2 rings (SSSR count). The third-order valence-corrected chi connectivity index (χ3v) is 10.2. The molecule has 0 aliphatic rings. The SMILES string of the molecule is CCCCCCCCN(CCCCCC)CCOCc1ccc(-c2ccc(COCCN(CCCCCC)CCCCCCCC)cc2)cc1. The maximum absolute atomic E-state index is 6.17. The Balaban J connectivity index is 1.70. The van der Waals surface area contributed by atoms with Gasteiger partial charge in [0.25, 0.3) is 0 Å². The number of rotatable bonds is 35. The highest BCUT2D eigenvalue weighted by molar-refractivity contribution is 5.63. The predicted octanol–water partition coefficient (Wildman–Crippen LogP) is 12.9. The minimum atomic E-state index is 0.687. The smallest absolute Gasteiger partial charge is 0.0717 e. The van der Waals surface area contributed by atoms with Crippen molar-refractivity contribution in [1.29, 1.82) is 0 Å². The highest BCUT2D eigenvalue weighted by Gasteiger charge is 2.07. The summed E-state index contributed by atoms with van der Waals surface area (Å²) in [6, 6.07) is 17.9. The second kappa shape index (κ2) is 32.0. The Hall–Kier alpha value is -1.72. The standard InChI is InChI=1S/C46H80N2O2/c1-5-9-13-17-19-23-35-47(33-21-15-11-7-3)37-39-49-41-43-25-29-45(30-26-43)46-31-27-44(28-32-46)42-50-40-38-48(34-22-16-12-8-4)36-24-20-18-14-10-6-2/h25-32H,5-24,33-42H2,1-4H3. The van der Waals surface area contributed by atoms with Crippen molar-refractivity contribution in [2.45, 2.75) is 169 Å². The first-order chi connectivity index (χ1) is 24.7. The summed E-state index contributed by atoms with van der Waals surface area (Å²) in [4.78, 5) is 5.30. The summed E-state index contributed by atoms with van der Waals surface area (Å²) in [6.07, 6.45) is 27.0. The molecule has 0 saturated heterocycles. The van der Waals surface area contributed by atoms with Crippen molar-refractivity contribution in [2.24, 2.45) is 0 Å². The van der Waals surface area contributed by atoms with E-state index in [9.17, 15) is 0 Å². The molecule has 4 heteroatoms. The first-order valence-electron chi connectivity index (χ1n) is 21.5. The molecular weight excluding hydrogens is 613 g/mol. The van der Waals surface area contributed by atoms with Gasteiger partial charge in [0.05, 0.1) is 26.4 Å². The summed E-state index contributed by atoms with van der Waals surface area (Å²) < 4.78 is 12.3. The van der Waals surface area contributed by atoms with Gasteiger partial charge in [0.1, 0.15) is 0 Å². The molecule has 0 atom stereocenters. The van der Waals surface area contributed by atoms with Gasteiger partial charge in [-0.05, 0) is 74.1 Å². The van der Waals surface area contributed by atoms with Crippen LogP contribution in [0.5, 0.6) is 0 Å². The normalized spacial score (nSPS) is 11.7. The van der Waals surface area contributed by atoms with Crippen LogP contribution in [0.3, 0.4) is 0 Å². The zero-order valence-electron chi connectivity index (χ0n) is 33.5. The van der Waals surface area contributed by atoms with Gasteiger partial charge in [-0.1, -0.05) is 179 Å². The first kappa shape index (κ1) is 44.4. The van der Waals surface area contributed by atoms with Crippen molar-refractivity contribution >= 4 is 0 Å². The van der Waals surface area contributed by atoms with Gasteiger partial charge >= 0.3 is 0 Å². The van der Waals surface area contributed by atoms with Crippen LogP contribution in [0.2, 0.25) is 0 Å². The number of nitrogens with zero attached hydrogens (tertiary/aromatic N) is 2. The van der Waals surface area contributed by atoms with E-state index in [-0.39, 0.29) is 0 Å². The summed E-state index contributed by atoms with van der Waals surface area (Å²) in [7, 11) is 0. The van der Waals surface area contributed by atoms with Crippen LogP contribution in [0.25, 0.3) is 11.1 Å². The van der Waals surface area contributed by atoms with Gasteiger partial charge in [-0.3, -0.25) is 0 Å². The molecule has 0 N–H and O–H groups in total. The lowest BCUT2D eigenvalue weighted by atomic mass is 10.0. The molecule has 0 aromatic heterocycles. The summed E-state index contributed by atoms with van der Waals surface area (Å²) in [6.45, 7) is 19.1. The fraction of sp³-hybridized carbons (Fsp3) is 0.739. The van der Waals surface area contributed by atoms with E-state index in [1.54, 1.807) is 0 Å². The van der Waals surface area contributed by atoms with Gasteiger partial charge in [0.15, 0.2) is 0 Å². The molecule has 0 spiro atoms. The minimum absolute atomic E-state index is 0.687. The maximum Gasteiger partial charge on any atom is 0.0717 e. The molecule has 286 valence electrons. The van der Waals surface area contributed by atoms with Crippen molar-refractivity contribution in [1.82, 2.24) is 9.80 Å². The van der Waals surface area contributed by atoms with E-state index in [4.69, 9.17) is 9.47 Å². The fourth-order valence-electron chi connectivity index (χ4n) is 6.78. The Morgan fingerprint density at radius 2 is 0.620 bits per heavy atom. The number of benzene rings is 2. The molecule has 2 aromatic carbocycles. The minimum Gasteiger partial charge on any atom is -0.375 e. The number of unbranched alkanes of at least 4 members (excludes halogenated alkanes) is 16. The molecule has 0 unspecified atom stereocenters. The lowest BCUT2D eigenvalue weighted by molar-refractivity contribution is 0.0911. The van der Waals surface area contributed by atoms with Crippen LogP contribution in [0.1, 0.15) is 167 Å². The van der Waals surface area contributed by atoms with Gasteiger partial charge < -0.3 is 19.3 Å². The second-order valence-corrected chi connectivity index (χ2v) is 14.8. The molecule has 0 aliphatic heterocycles. The van der Waals surface area contributed by atoms with Gasteiger partial charge in [-0.15, -0.1) is 0 Å². The fourth-order valence-corrected chi connectivity index (χ4v) is 6.78. The molecule has 0 fully saturated rings. The molecular formula is C46H80N2O2. The van der Waals surface area contributed by atoms with Crippen molar-refractivity contribution < 1.29 is 9.47 Å². The van der Waals surface area contributed by atoms with Crippen molar-refractivity contribution in [3.63, 3.8) is 0 Å². The Kier molecular flexibility index (Phi) is 28.4. The molecule has 0 bridgehead atoms. The topological polar surface area (TPSA) is 24.9 Å². The first-order valence-corrected chi connectivity index (χ1v) is 21.5. The number of hydrogen-bond donors (Lipinski definition) is 0. The lowest BCUT2D eigenvalue weighted by Crippen LogP contribution is -2.30. The molecule has 0 heterocycles. The zero-order chi connectivity index (χ0) is 35.7. The van der Waals surface area contributed by atoms with Crippen LogP contribution in [0.15, 0.2) is 48.5 Å². The van der Waals surface area contributed by atoms with E-state index in [2.05, 4.69) is 86.0 Å². The van der Waals surface area contributed by atoms with Crippen LogP contribution in [0.4, 0.5) is 0 Å². The van der Waals surface area contributed by atoms with Crippen LogP contribution >= 0.6 is 0 Å². The van der Waals surface area contributed by atoms with E-state index >= 15 is 0 Å². The highest BCUT2D eigenvalue weighted by atomic mass is 16.5. The predicted molar refractivity (Wildman–Crippen MR) is 219 cm³/mol. The van der Waals surface area contributed by atoms with Gasteiger partial charge in [0.2, 0.25) is 0 Å².